The first-order valence-electron chi connectivity index (χ1n) is 7.16. The molecule has 0 atom stereocenters. The molecule has 0 unspecified atom stereocenters. The summed E-state index contributed by atoms with van der Waals surface area (Å²) in [6.45, 7) is 9.02. The summed E-state index contributed by atoms with van der Waals surface area (Å²) in [4.78, 5) is 12.8. The molecule has 0 bridgehead atoms. The van der Waals surface area contributed by atoms with Gasteiger partial charge >= 0.3 is 0 Å². The molecule has 2 heteroatoms. The zero-order chi connectivity index (χ0) is 14.3. The fourth-order valence-corrected chi connectivity index (χ4v) is 2.75. The van der Waals surface area contributed by atoms with Crippen molar-refractivity contribution < 1.29 is 4.79 Å². The lowest BCUT2D eigenvalue weighted by atomic mass is 9.64. The molecule has 0 radical (unpaired) electrons. The average Bonchev–Trinajstić information content (AvgIpc) is 2.27. The molecule has 2 N–H and O–H groups in total. The Morgan fingerprint density at radius 1 is 1.32 bits per heavy atom. The van der Waals surface area contributed by atoms with Crippen LogP contribution in [0.5, 0.6) is 0 Å². The van der Waals surface area contributed by atoms with Gasteiger partial charge in [-0.15, -0.1) is 0 Å². The van der Waals surface area contributed by atoms with E-state index in [1.807, 2.05) is 6.92 Å². The van der Waals surface area contributed by atoms with Crippen LogP contribution in [0.25, 0.3) is 0 Å². The molecule has 0 aliphatic heterocycles. The molecule has 1 aromatic rings. The van der Waals surface area contributed by atoms with Gasteiger partial charge in [0.15, 0.2) is 5.78 Å². The number of rotatable bonds is 3. The third-order valence-electron chi connectivity index (χ3n) is 4.53. The molecule has 104 valence electrons. The van der Waals surface area contributed by atoms with E-state index in [9.17, 15) is 4.79 Å². The second kappa shape index (κ2) is 4.75. The van der Waals surface area contributed by atoms with Crippen molar-refractivity contribution in [2.24, 2.45) is 11.1 Å². The molecular formula is C17H25NO. The van der Waals surface area contributed by atoms with E-state index in [1.54, 1.807) is 0 Å². The van der Waals surface area contributed by atoms with Crippen molar-refractivity contribution in [3.05, 3.63) is 34.9 Å². The second-order valence-electron chi connectivity index (χ2n) is 6.95. The number of nitrogens with two attached hydrogens (primary N) is 1. The van der Waals surface area contributed by atoms with Gasteiger partial charge in [0.25, 0.3) is 0 Å². The highest BCUT2D eigenvalue weighted by Gasteiger charge is 2.43. The first-order chi connectivity index (χ1) is 8.80. The summed E-state index contributed by atoms with van der Waals surface area (Å²) in [5, 5.41) is 0. The van der Waals surface area contributed by atoms with Crippen LogP contribution < -0.4 is 5.73 Å². The van der Waals surface area contributed by atoms with Crippen molar-refractivity contribution in [1.29, 1.82) is 0 Å². The molecule has 1 aliphatic rings. The summed E-state index contributed by atoms with van der Waals surface area (Å²) in [5.41, 5.74) is 8.81. The van der Waals surface area contributed by atoms with Gasteiger partial charge in [0.05, 0.1) is 0 Å². The van der Waals surface area contributed by atoms with Crippen LogP contribution in [-0.2, 0) is 5.41 Å². The van der Waals surface area contributed by atoms with Gasteiger partial charge in [-0.2, -0.15) is 0 Å². The molecule has 19 heavy (non-hydrogen) atoms. The largest absolute Gasteiger partial charge is 0.329 e. The van der Waals surface area contributed by atoms with E-state index in [4.69, 9.17) is 5.73 Å². The maximum absolute atomic E-state index is 12.8. The molecule has 2 rings (SSSR count). The maximum Gasteiger partial charge on any atom is 0.170 e. The fourth-order valence-electron chi connectivity index (χ4n) is 2.75. The Bertz CT molecular complexity index is 487. The van der Waals surface area contributed by atoms with Crippen LogP contribution in [0, 0.1) is 12.3 Å². The molecule has 1 aromatic carbocycles. The quantitative estimate of drug-likeness (QED) is 0.843. The average molecular weight is 259 g/mol. The lowest BCUT2D eigenvalue weighted by molar-refractivity contribution is 0.0635. The second-order valence-corrected chi connectivity index (χ2v) is 6.95. The molecule has 0 spiro atoms. The number of Topliss-reactive ketones (excluding diaryl/α,β-unsaturated/α-hetero) is 1. The number of hydrogen-bond donors (Lipinski definition) is 1. The van der Waals surface area contributed by atoms with Crippen LogP contribution in [0.3, 0.4) is 0 Å². The van der Waals surface area contributed by atoms with Crippen LogP contribution in [0.2, 0.25) is 0 Å². The highest BCUT2D eigenvalue weighted by molar-refractivity contribution is 6.02. The zero-order valence-electron chi connectivity index (χ0n) is 12.5. The van der Waals surface area contributed by atoms with Gasteiger partial charge in [-0.1, -0.05) is 39.3 Å². The van der Waals surface area contributed by atoms with Gasteiger partial charge in [0, 0.05) is 17.5 Å². The minimum absolute atomic E-state index is 0.0677. The minimum Gasteiger partial charge on any atom is -0.329 e. The number of ketones is 1. The summed E-state index contributed by atoms with van der Waals surface area (Å²) >= 11 is 0. The van der Waals surface area contributed by atoms with Gasteiger partial charge < -0.3 is 5.73 Å². The van der Waals surface area contributed by atoms with Crippen LogP contribution >= 0.6 is 0 Å². The predicted octanol–water partition coefficient (Wildman–Crippen LogP) is 3.60. The van der Waals surface area contributed by atoms with E-state index >= 15 is 0 Å². The minimum atomic E-state index is -0.277. The monoisotopic (exact) mass is 259 g/mol. The Balaban J connectivity index is 2.42. The van der Waals surface area contributed by atoms with E-state index in [0.29, 0.717) is 6.54 Å². The molecule has 1 aliphatic carbocycles. The summed E-state index contributed by atoms with van der Waals surface area (Å²) in [5.74, 6) is 0.254. The topological polar surface area (TPSA) is 43.1 Å². The Morgan fingerprint density at radius 3 is 2.37 bits per heavy atom. The smallest absolute Gasteiger partial charge is 0.170 e. The lowest BCUT2D eigenvalue weighted by Crippen LogP contribution is -2.44. The molecule has 0 saturated heterocycles. The summed E-state index contributed by atoms with van der Waals surface area (Å²) in [6.07, 6.45) is 3.02. The van der Waals surface area contributed by atoms with E-state index in [2.05, 4.69) is 39.0 Å². The van der Waals surface area contributed by atoms with Crippen LogP contribution in [0.1, 0.15) is 61.5 Å². The summed E-state index contributed by atoms with van der Waals surface area (Å²) in [6, 6.07) is 6.27. The van der Waals surface area contributed by atoms with Gasteiger partial charge in [0.2, 0.25) is 0 Å². The van der Waals surface area contributed by atoms with Crippen LogP contribution in [0.4, 0.5) is 0 Å². The van der Waals surface area contributed by atoms with E-state index < -0.39 is 0 Å². The Labute approximate surface area is 116 Å². The highest BCUT2D eigenvalue weighted by atomic mass is 16.1. The van der Waals surface area contributed by atoms with E-state index in [-0.39, 0.29) is 16.6 Å². The highest BCUT2D eigenvalue weighted by Crippen LogP contribution is 2.43. The zero-order valence-corrected chi connectivity index (χ0v) is 12.5. The number of benzene rings is 1. The van der Waals surface area contributed by atoms with Crippen molar-refractivity contribution in [3.8, 4) is 0 Å². The Morgan fingerprint density at radius 2 is 1.95 bits per heavy atom. The molecule has 1 saturated carbocycles. The molecular weight excluding hydrogens is 234 g/mol. The van der Waals surface area contributed by atoms with Gasteiger partial charge in [0.1, 0.15) is 0 Å². The first-order valence-corrected chi connectivity index (χ1v) is 7.16. The molecule has 2 nitrogen and oxygen atoms in total. The van der Waals surface area contributed by atoms with Gasteiger partial charge in [-0.3, -0.25) is 4.79 Å². The predicted molar refractivity (Wildman–Crippen MR) is 79.5 cm³/mol. The van der Waals surface area contributed by atoms with E-state index in [1.165, 1.54) is 5.56 Å². The summed E-state index contributed by atoms with van der Waals surface area (Å²) < 4.78 is 0. The molecule has 0 amide bonds. The van der Waals surface area contributed by atoms with Crippen molar-refractivity contribution in [3.63, 3.8) is 0 Å². The number of carbonyl (C=O) groups is 1. The Hall–Kier alpha value is -1.15. The normalized spacial score (nSPS) is 17.9. The van der Waals surface area contributed by atoms with Crippen LogP contribution in [-0.4, -0.2) is 12.3 Å². The van der Waals surface area contributed by atoms with Gasteiger partial charge in [-0.05, 0) is 42.4 Å². The third-order valence-corrected chi connectivity index (χ3v) is 4.53. The number of carbonyl (C=O) groups excluding carboxylic acids is 1. The molecule has 1 fully saturated rings. The standard InChI is InChI=1S/C17H25NO/c1-12-6-7-13(16(2,3)4)10-14(12)15(19)17(11-18)8-5-9-17/h6-7,10H,5,8-9,11,18H2,1-4H3. The summed E-state index contributed by atoms with van der Waals surface area (Å²) in [7, 11) is 0. The third kappa shape index (κ3) is 2.46. The maximum atomic E-state index is 12.8. The molecule has 0 heterocycles. The SMILES string of the molecule is Cc1ccc(C(C)(C)C)cc1C(=O)C1(CN)CCC1. The fraction of sp³-hybridized carbons (Fsp3) is 0.588. The van der Waals surface area contributed by atoms with Crippen LogP contribution in [0.15, 0.2) is 18.2 Å². The lowest BCUT2D eigenvalue weighted by Gasteiger charge is -2.39. The Kier molecular flexibility index (Phi) is 3.57. The first kappa shape index (κ1) is 14.3. The van der Waals surface area contributed by atoms with Crippen molar-refractivity contribution in [2.75, 3.05) is 6.54 Å². The molecule has 0 aromatic heterocycles. The van der Waals surface area contributed by atoms with Crippen molar-refractivity contribution in [2.45, 2.75) is 52.4 Å². The van der Waals surface area contributed by atoms with Gasteiger partial charge in [-0.25, -0.2) is 0 Å². The number of hydrogen-bond acceptors (Lipinski definition) is 2. The van der Waals surface area contributed by atoms with E-state index in [0.717, 1.165) is 30.4 Å². The van der Waals surface area contributed by atoms with Crippen molar-refractivity contribution in [1.82, 2.24) is 0 Å². The van der Waals surface area contributed by atoms with Crippen molar-refractivity contribution >= 4 is 5.78 Å². The number of aryl methyl sites for hydroxylation is 1.